The zero-order valence-corrected chi connectivity index (χ0v) is 19.4. The molecule has 1 rings (SSSR count). The van der Waals surface area contributed by atoms with Crippen molar-refractivity contribution in [1.29, 1.82) is 0 Å². The van der Waals surface area contributed by atoms with E-state index in [1.165, 1.54) is 4.90 Å². The van der Waals surface area contributed by atoms with Crippen LogP contribution in [0.15, 0.2) is 4.99 Å². The van der Waals surface area contributed by atoms with Gasteiger partial charge in [0.2, 0.25) is 17.7 Å². The van der Waals surface area contributed by atoms with Crippen molar-refractivity contribution in [2.75, 3.05) is 18.8 Å². The predicted molar refractivity (Wildman–Crippen MR) is 123 cm³/mol. The number of rotatable bonds is 12. The van der Waals surface area contributed by atoms with Gasteiger partial charge in [-0.05, 0) is 31.6 Å². The van der Waals surface area contributed by atoms with Crippen molar-refractivity contribution in [3.63, 3.8) is 0 Å². The van der Waals surface area contributed by atoms with Crippen molar-refractivity contribution in [3.8, 4) is 0 Å². The van der Waals surface area contributed by atoms with Gasteiger partial charge in [-0.1, -0.05) is 13.8 Å². The summed E-state index contributed by atoms with van der Waals surface area (Å²) in [7, 11) is 0. The van der Waals surface area contributed by atoms with Crippen LogP contribution < -0.4 is 27.8 Å². The van der Waals surface area contributed by atoms with Crippen molar-refractivity contribution in [3.05, 3.63) is 0 Å². The number of carboxylic acid groups (broad SMARTS) is 1. The first kappa shape index (κ1) is 27.5. The first-order valence-electron chi connectivity index (χ1n) is 10.5. The number of carboxylic acids is 1. The molecule has 13 heteroatoms. The minimum absolute atomic E-state index is 0.0401. The second-order valence-corrected chi connectivity index (χ2v) is 8.42. The Hall–Kier alpha value is -2.54. The van der Waals surface area contributed by atoms with Crippen molar-refractivity contribution in [2.45, 2.75) is 63.7 Å². The molecule has 1 fully saturated rings. The van der Waals surface area contributed by atoms with Gasteiger partial charge < -0.3 is 37.8 Å². The largest absolute Gasteiger partial charge is 0.480 e. The van der Waals surface area contributed by atoms with Gasteiger partial charge in [0, 0.05) is 18.8 Å². The normalized spacial score (nSPS) is 18.5. The van der Waals surface area contributed by atoms with E-state index in [0.29, 0.717) is 38.8 Å². The molecule has 9 N–H and O–H groups in total. The molecule has 0 aromatic heterocycles. The molecule has 0 radical (unpaired) electrons. The quantitative estimate of drug-likeness (QED) is 0.0728. The van der Waals surface area contributed by atoms with Gasteiger partial charge in [-0.2, -0.15) is 12.6 Å². The highest BCUT2D eigenvalue weighted by atomic mass is 32.1. The monoisotopic (exact) mass is 473 g/mol. The molecule has 1 heterocycles. The number of thiol groups is 1. The third-order valence-electron chi connectivity index (χ3n) is 5.17. The van der Waals surface area contributed by atoms with Crippen LogP contribution in [-0.4, -0.2) is 82.7 Å². The number of carbonyl (C=O) groups excluding carboxylic acids is 3. The van der Waals surface area contributed by atoms with Crippen LogP contribution in [0.4, 0.5) is 0 Å². The summed E-state index contributed by atoms with van der Waals surface area (Å²) in [6.45, 7) is 4.22. The van der Waals surface area contributed by atoms with E-state index in [1.807, 2.05) is 0 Å². The van der Waals surface area contributed by atoms with Crippen molar-refractivity contribution in [1.82, 2.24) is 15.5 Å². The first-order valence-corrected chi connectivity index (χ1v) is 11.2. The number of nitrogens with one attached hydrogen (secondary N) is 2. The fourth-order valence-electron chi connectivity index (χ4n) is 3.36. The Morgan fingerprint density at radius 1 is 1.22 bits per heavy atom. The van der Waals surface area contributed by atoms with Gasteiger partial charge in [0.1, 0.15) is 18.1 Å². The summed E-state index contributed by atoms with van der Waals surface area (Å²) in [6, 6.07) is -3.68. The third-order valence-corrected chi connectivity index (χ3v) is 5.54. The second kappa shape index (κ2) is 13.1. The lowest BCUT2D eigenvalue weighted by Gasteiger charge is -2.31. The summed E-state index contributed by atoms with van der Waals surface area (Å²) in [5.74, 6) is -3.02. The smallest absolute Gasteiger partial charge is 0.327 e. The maximum absolute atomic E-state index is 13.2. The maximum Gasteiger partial charge on any atom is 0.327 e. The van der Waals surface area contributed by atoms with Crippen LogP contribution >= 0.6 is 12.6 Å². The Balaban J connectivity index is 2.79. The summed E-state index contributed by atoms with van der Waals surface area (Å²) in [5.41, 5.74) is 16.4. The molecule has 1 aliphatic heterocycles. The predicted octanol–water partition coefficient (Wildman–Crippen LogP) is -2.00. The zero-order valence-electron chi connectivity index (χ0n) is 18.5. The topological polar surface area (TPSA) is 206 Å². The standard InChI is InChI=1S/C19H35N7O5S/c1-10(2)14(25-15(27)11(20)5-3-7-23-19(21)22)17(29)26-8-4-6-13(26)16(28)24-12(9-32)18(30)31/h10-14,32H,3-9,20H2,1-2H3,(H,24,28)(H,25,27)(H,30,31)(H4,21,22,23). The molecule has 0 spiro atoms. The molecular formula is C19H35N7O5S. The SMILES string of the molecule is CC(C)C(NC(=O)C(N)CCCN=C(N)N)C(=O)N1CCCC1C(=O)NC(CS)C(=O)O. The highest BCUT2D eigenvalue weighted by molar-refractivity contribution is 7.80. The highest BCUT2D eigenvalue weighted by Gasteiger charge is 2.39. The van der Waals surface area contributed by atoms with Gasteiger partial charge in [-0.25, -0.2) is 4.79 Å². The lowest BCUT2D eigenvalue weighted by atomic mass is 10.0. The summed E-state index contributed by atoms with van der Waals surface area (Å²) in [6.07, 6.45) is 1.82. The number of aliphatic carboxylic acids is 1. The van der Waals surface area contributed by atoms with Crippen molar-refractivity contribution < 1.29 is 24.3 Å². The molecule has 182 valence electrons. The van der Waals surface area contributed by atoms with E-state index < -0.39 is 47.9 Å². The van der Waals surface area contributed by atoms with Crippen LogP contribution in [0, 0.1) is 5.92 Å². The Bertz CT molecular complexity index is 714. The first-order chi connectivity index (χ1) is 15.0. The number of amides is 3. The average Bonchev–Trinajstić information content (AvgIpc) is 3.21. The van der Waals surface area contributed by atoms with Crippen LogP contribution in [0.2, 0.25) is 0 Å². The Kier molecular flexibility index (Phi) is 11.3. The molecule has 0 bridgehead atoms. The van der Waals surface area contributed by atoms with E-state index in [1.54, 1.807) is 13.8 Å². The minimum Gasteiger partial charge on any atom is -0.480 e. The number of hydrogen-bond donors (Lipinski definition) is 7. The molecular weight excluding hydrogens is 438 g/mol. The number of nitrogens with two attached hydrogens (primary N) is 3. The lowest BCUT2D eigenvalue weighted by Crippen LogP contribution is -2.58. The fourth-order valence-corrected chi connectivity index (χ4v) is 3.61. The third kappa shape index (κ3) is 8.19. The summed E-state index contributed by atoms with van der Waals surface area (Å²) in [5, 5.41) is 14.2. The molecule has 4 atom stereocenters. The summed E-state index contributed by atoms with van der Waals surface area (Å²) < 4.78 is 0. The van der Waals surface area contributed by atoms with E-state index in [9.17, 15) is 19.2 Å². The Labute approximate surface area is 193 Å². The van der Waals surface area contributed by atoms with E-state index in [0.717, 1.165) is 0 Å². The van der Waals surface area contributed by atoms with Gasteiger partial charge in [-0.3, -0.25) is 19.4 Å². The van der Waals surface area contributed by atoms with E-state index in [4.69, 9.17) is 22.3 Å². The summed E-state index contributed by atoms with van der Waals surface area (Å²) in [4.78, 5) is 54.8. The highest BCUT2D eigenvalue weighted by Crippen LogP contribution is 2.21. The Morgan fingerprint density at radius 3 is 2.41 bits per heavy atom. The molecule has 0 aromatic rings. The van der Waals surface area contributed by atoms with Crippen molar-refractivity contribution >= 4 is 42.3 Å². The Morgan fingerprint density at radius 2 is 1.88 bits per heavy atom. The molecule has 1 aliphatic rings. The molecule has 1 saturated heterocycles. The zero-order chi connectivity index (χ0) is 24.4. The number of likely N-dealkylation sites (tertiary alicyclic amines) is 1. The van der Waals surface area contributed by atoms with Crippen molar-refractivity contribution in [2.24, 2.45) is 28.1 Å². The van der Waals surface area contributed by atoms with Crippen LogP contribution in [0.25, 0.3) is 0 Å². The van der Waals surface area contributed by atoms with Crippen LogP contribution in [-0.2, 0) is 19.2 Å². The van der Waals surface area contributed by atoms with Crippen LogP contribution in [0.5, 0.6) is 0 Å². The van der Waals surface area contributed by atoms with Gasteiger partial charge >= 0.3 is 5.97 Å². The second-order valence-electron chi connectivity index (χ2n) is 8.06. The van der Waals surface area contributed by atoms with Gasteiger partial charge in [0.25, 0.3) is 0 Å². The number of nitrogens with zero attached hydrogens (tertiary/aromatic N) is 2. The summed E-state index contributed by atoms with van der Waals surface area (Å²) >= 11 is 3.94. The molecule has 0 aromatic carbocycles. The number of aliphatic imine (C=N–C) groups is 1. The number of hydrogen-bond acceptors (Lipinski definition) is 7. The van der Waals surface area contributed by atoms with E-state index >= 15 is 0 Å². The molecule has 4 unspecified atom stereocenters. The molecule has 12 nitrogen and oxygen atoms in total. The van der Waals surface area contributed by atoms with E-state index in [-0.39, 0.29) is 17.6 Å². The fraction of sp³-hybridized carbons (Fsp3) is 0.737. The minimum atomic E-state index is -1.20. The van der Waals surface area contributed by atoms with Gasteiger partial charge in [0.05, 0.1) is 6.04 Å². The van der Waals surface area contributed by atoms with Crippen LogP contribution in [0.1, 0.15) is 39.5 Å². The molecule has 0 saturated carbocycles. The number of guanidine groups is 1. The van der Waals surface area contributed by atoms with E-state index in [2.05, 4.69) is 28.3 Å². The molecule has 3 amide bonds. The van der Waals surface area contributed by atoms with Crippen LogP contribution in [0.3, 0.4) is 0 Å². The lowest BCUT2D eigenvalue weighted by molar-refractivity contribution is -0.145. The van der Waals surface area contributed by atoms with Gasteiger partial charge in [0.15, 0.2) is 5.96 Å². The molecule has 0 aliphatic carbocycles. The van der Waals surface area contributed by atoms with Gasteiger partial charge in [-0.15, -0.1) is 0 Å². The average molecular weight is 474 g/mol. The maximum atomic E-state index is 13.2. The number of carbonyl (C=O) groups is 4. The molecule has 32 heavy (non-hydrogen) atoms.